The molecular formula is C39H40ClN4O4P. The predicted molar refractivity (Wildman–Crippen MR) is 195 cm³/mol. The monoisotopic (exact) mass is 694 g/mol. The van der Waals surface area contributed by atoms with E-state index in [1.807, 2.05) is 91.0 Å². The molecule has 0 amide bonds. The number of morpholine rings is 1. The molecule has 6 rings (SSSR count). The Kier molecular flexibility index (Phi) is 10.8. The van der Waals surface area contributed by atoms with Crippen LogP contribution in [0.3, 0.4) is 0 Å². The fourth-order valence-corrected chi connectivity index (χ4v) is 7.22. The first kappa shape index (κ1) is 34.7. The van der Waals surface area contributed by atoms with Crippen molar-refractivity contribution in [2.24, 2.45) is 0 Å². The molecule has 252 valence electrons. The molecule has 3 unspecified atom stereocenters. The number of hydrogen-bond acceptors (Lipinski definition) is 6. The number of benzene rings is 4. The molecule has 1 aliphatic heterocycles. The van der Waals surface area contributed by atoms with Gasteiger partial charge in [0.2, 0.25) is 0 Å². The lowest BCUT2D eigenvalue weighted by Crippen LogP contribution is -2.58. The molecule has 1 aliphatic rings. The predicted octanol–water partition coefficient (Wildman–Crippen LogP) is 7.62. The van der Waals surface area contributed by atoms with Gasteiger partial charge in [0.15, 0.2) is 6.23 Å². The summed E-state index contributed by atoms with van der Waals surface area (Å²) in [5.41, 5.74) is 4.39. The van der Waals surface area contributed by atoms with Crippen LogP contribution in [-0.4, -0.2) is 59.0 Å². The van der Waals surface area contributed by atoms with Crippen LogP contribution in [0, 0.1) is 0 Å². The maximum atomic E-state index is 13.8. The van der Waals surface area contributed by atoms with Gasteiger partial charge >= 0.3 is 12.6 Å². The van der Waals surface area contributed by atoms with Gasteiger partial charge in [-0.2, -0.15) is 4.98 Å². The zero-order chi connectivity index (χ0) is 34.4. The summed E-state index contributed by atoms with van der Waals surface area (Å²) in [6.45, 7) is 1.28. The molecule has 0 saturated carbocycles. The highest BCUT2D eigenvalue weighted by molar-refractivity contribution is 7.83. The molecule has 0 radical (unpaired) electrons. The van der Waals surface area contributed by atoms with E-state index in [0.717, 1.165) is 27.8 Å². The van der Waals surface area contributed by atoms with Crippen molar-refractivity contribution < 1.29 is 13.8 Å². The van der Waals surface area contributed by atoms with E-state index in [0.29, 0.717) is 25.2 Å². The third kappa shape index (κ3) is 7.55. The standard InChI is InChI=1S/C39H40ClN4O4P/c1-30(31-16-8-4-9-17-31)26-35-24-25-44(38(45)41-35)37-28-43(27-36(48-37)29-47-49(40,46)42(2)3)39(32-18-10-5-11-19-32,33-20-12-6-13-21-33)34-22-14-7-15-23-34/h4-25,36-37H,1,26-29H2,2-3H3. The molecule has 0 aliphatic carbocycles. The smallest absolute Gasteiger partial charge is 0.350 e. The number of aromatic nitrogens is 2. The first-order valence-electron chi connectivity index (χ1n) is 16.2. The summed E-state index contributed by atoms with van der Waals surface area (Å²) in [6, 6.07) is 42.6. The van der Waals surface area contributed by atoms with E-state index in [2.05, 4.69) is 52.9 Å². The van der Waals surface area contributed by atoms with E-state index in [1.54, 1.807) is 20.3 Å². The van der Waals surface area contributed by atoms with Gasteiger partial charge in [-0.15, -0.1) is 0 Å². The Morgan fingerprint density at radius 1 is 0.878 bits per heavy atom. The molecule has 4 aromatic carbocycles. The summed E-state index contributed by atoms with van der Waals surface area (Å²) < 4.78 is 28.3. The quantitative estimate of drug-likeness (QED) is 0.0983. The highest BCUT2D eigenvalue weighted by Crippen LogP contribution is 2.54. The van der Waals surface area contributed by atoms with Crippen LogP contribution in [0.2, 0.25) is 0 Å². The van der Waals surface area contributed by atoms with Gasteiger partial charge in [-0.3, -0.25) is 14.0 Å². The maximum absolute atomic E-state index is 13.8. The Hall–Kier alpha value is -4.14. The lowest BCUT2D eigenvalue weighted by molar-refractivity contribution is -0.148. The van der Waals surface area contributed by atoms with Gasteiger partial charge in [0, 0.05) is 25.7 Å². The first-order valence-corrected chi connectivity index (χ1v) is 18.7. The van der Waals surface area contributed by atoms with Gasteiger partial charge in [-0.1, -0.05) is 128 Å². The molecule has 5 aromatic rings. The third-order valence-corrected chi connectivity index (χ3v) is 11.5. The molecule has 0 bridgehead atoms. The van der Waals surface area contributed by atoms with Crippen LogP contribution in [0.15, 0.2) is 145 Å². The van der Waals surface area contributed by atoms with Crippen molar-refractivity contribution in [3.05, 3.63) is 179 Å². The Bertz CT molecular complexity index is 1860. The van der Waals surface area contributed by atoms with Gasteiger partial charge in [0.1, 0.15) is 0 Å². The highest BCUT2D eigenvalue weighted by Gasteiger charge is 2.47. The van der Waals surface area contributed by atoms with Gasteiger partial charge < -0.3 is 9.26 Å². The van der Waals surface area contributed by atoms with Gasteiger partial charge in [-0.25, -0.2) is 9.46 Å². The molecule has 1 fully saturated rings. The van der Waals surface area contributed by atoms with Crippen LogP contribution in [0.4, 0.5) is 0 Å². The lowest BCUT2D eigenvalue weighted by Gasteiger charge is -2.50. The molecule has 3 atom stereocenters. The minimum atomic E-state index is -3.59. The topological polar surface area (TPSA) is 76.9 Å². The average Bonchev–Trinajstić information content (AvgIpc) is 3.13. The van der Waals surface area contributed by atoms with Crippen molar-refractivity contribution in [1.82, 2.24) is 19.1 Å². The zero-order valence-electron chi connectivity index (χ0n) is 27.6. The van der Waals surface area contributed by atoms with Crippen molar-refractivity contribution in [2.45, 2.75) is 24.3 Å². The summed E-state index contributed by atoms with van der Waals surface area (Å²) in [4.78, 5) is 20.5. The maximum Gasteiger partial charge on any atom is 0.362 e. The minimum Gasteiger partial charge on any atom is -0.350 e. The number of allylic oxidation sites excluding steroid dienone is 1. The Morgan fingerprint density at radius 3 is 1.88 bits per heavy atom. The fourth-order valence-electron chi connectivity index (χ4n) is 6.47. The highest BCUT2D eigenvalue weighted by atomic mass is 35.7. The van der Waals surface area contributed by atoms with E-state index < -0.39 is 30.4 Å². The summed E-state index contributed by atoms with van der Waals surface area (Å²) in [7, 11) is 3.21. The van der Waals surface area contributed by atoms with E-state index in [9.17, 15) is 9.36 Å². The second-order valence-corrected chi connectivity index (χ2v) is 15.5. The fraction of sp³-hybridized carbons (Fsp3) is 0.231. The van der Waals surface area contributed by atoms with Gasteiger partial charge in [0.05, 0.1) is 23.9 Å². The number of halogens is 1. The zero-order valence-corrected chi connectivity index (χ0v) is 29.3. The molecule has 10 heteroatoms. The van der Waals surface area contributed by atoms with Crippen molar-refractivity contribution in [3.63, 3.8) is 0 Å². The van der Waals surface area contributed by atoms with Crippen LogP contribution < -0.4 is 5.69 Å². The van der Waals surface area contributed by atoms with E-state index >= 15 is 0 Å². The number of nitrogens with zero attached hydrogens (tertiary/aromatic N) is 4. The lowest BCUT2D eigenvalue weighted by atomic mass is 9.75. The minimum absolute atomic E-state index is 0.0580. The summed E-state index contributed by atoms with van der Waals surface area (Å²) in [6.07, 6.45) is 0.809. The van der Waals surface area contributed by atoms with Crippen LogP contribution in [0.25, 0.3) is 5.57 Å². The summed E-state index contributed by atoms with van der Waals surface area (Å²) in [5.74, 6) is 0. The first-order chi connectivity index (χ1) is 23.7. The van der Waals surface area contributed by atoms with E-state index in [4.69, 9.17) is 20.5 Å². The average molecular weight is 695 g/mol. The Labute approximate surface area is 292 Å². The van der Waals surface area contributed by atoms with E-state index in [1.165, 1.54) is 9.24 Å². The summed E-state index contributed by atoms with van der Waals surface area (Å²) in [5, 5.41) is 0. The number of hydrogen-bond donors (Lipinski definition) is 0. The van der Waals surface area contributed by atoms with Gasteiger partial charge in [0.25, 0.3) is 0 Å². The van der Waals surface area contributed by atoms with Crippen molar-refractivity contribution in [1.29, 1.82) is 0 Å². The second kappa shape index (κ2) is 15.2. The van der Waals surface area contributed by atoms with Crippen LogP contribution in [-0.2, 0) is 25.8 Å². The number of rotatable bonds is 12. The normalized spacial score (nSPS) is 18.2. The van der Waals surface area contributed by atoms with Crippen LogP contribution in [0.1, 0.15) is 34.2 Å². The van der Waals surface area contributed by atoms with Gasteiger partial charge in [-0.05, 0) is 59.2 Å². The molecule has 2 heterocycles. The Morgan fingerprint density at radius 2 is 1.39 bits per heavy atom. The molecule has 8 nitrogen and oxygen atoms in total. The number of ether oxygens (including phenoxy) is 1. The molecule has 0 spiro atoms. The van der Waals surface area contributed by atoms with E-state index in [-0.39, 0.29) is 6.61 Å². The van der Waals surface area contributed by atoms with Crippen LogP contribution >= 0.6 is 18.1 Å². The van der Waals surface area contributed by atoms with Crippen LogP contribution in [0.5, 0.6) is 0 Å². The Balaban J connectivity index is 1.43. The third-order valence-electron chi connectivity index (χ3n) is 8.87. The molecule has 1 aromatic heterocycles. The molecule has 0 N–H and O–H groups in total. The van der Waals surface area contributed by atoms with Crippen molar-refractivity contribution in [2.75, 3.05) is 33.8 Å². The van der Waals surface area contributed by atoms with Crippen molar-refractivity contribution >= 4 is 23.7 Å². The summed E-state index contributed by atoms with van der Waals surface area (Å²) >= 11 is 6.30. The SMILES string of the molecule is C=C(Cc1ccn(C2CN(C(c3ccccc3)(c3ccccc3)c3ccccc3)CC(COP(=O)(Cl)N(C)C)O2)c(=O)n1)c1ccccc1. The second-order valence-electron chi connectivity index (χ2n) is 12.3. The van der Waals surface area contributed by atoms with Crippen molar-refractivity contribution in [3.8, 4) is 0 Å². The molecular weight excluding hydrogens is 655 g/mol. The molecule has 1 saturated heterocycles. The largest absolute Gasteiger partial charge is 0.362 e. The molecule has 49 heavy (non-hydrogen) atoms.